The van der Waals surface area contributed by atoms with Gasteiger partial charge in [-0.05, 0) is 29.7 Å². The lowest BCUT2D eigenvalue weighted by atomic mass is 10.1. The van der Waals surface area contributed by atoms with E-state index in [0.29, 0.717) is 6.54 Å². The zero-order valence-electron chi connectivity index (χ0n) is 14.2. The number of nitrogens with zero attached hydrogens (tertiary/aromatic N) is 2. The topological polar surface area (TPSA) is 91.4 Å². The number of benzene rings is 1. The number of pyridine rings is 1. The summed E-state index contributed by atoms with van der Waals surface area (Å²) in [4.78, 5) is 41.5. The summed E-state index contributed by atoms with van der Waals surface area (Å²) in [5.74, 6) is -0.453. The molecule has 7 nitrogen and oxygen atoms in total. The first-order valence-corrected chi connectivity index (χ1v) is 8.45. The summed E-state index contributed by atoms with van der Waals surface area (Å²) in [7, 11) is 0. The Bertz CT molecular complexity index is 780. The molecule has 1 atom stereocenters. The van der Waals surface area contributed by atoms with Crippen LogP contribution >= 0.6 is 0 Å². The first-order valence-electron chi connectivity index (χ1n) is 8.45. The minimum Gasteiger partial charge on any atom is -0.352 e. The van der Waals surface area contributed by atoms with Gasteiger partial charge in [0.25, 0.3) is 5.91 Å². The fourth-order valence-corrected chi connectivity index (χ4v) is 2.75. The van der Waals surface area contributed by atoms with E-state index in [-0.39, 0.29) is 31.2 Å². The molecule has 1 aliphatic rings. The average molecular weight is 352 g/mol. The van der Waals surface area contributed by atoms with Crippen molar-refractivity contribution in [3.8, 4) is 0 Å². The Balaban J connectivity index is 1.47. The predicted octanol–water partition coefficient (Wildman–Crippen LogP) is 1.60. The Morgan fingerprint density at radius 3 is 2.54 bits per heavy atom. The Kier molecular flexibility index (Phi) is 5.58. The van der Waals surface area contributed by atoms with Crippen LogP contribution in [0.5, 0.6) is 0 Å². The fraction of sp³-hybridized carbons (Fsp3) is 0.263. The van der Waals surface area contributed by atoms with E-state index in [0.717, 1.165) is 11.1 Å². The van der Waals surface area contributed by atoms with Crippen LogP contribution in [0, 0.1) is 0 Å². The maximum Gasteiger partial charge on any atom is 0.325 e. The third kappa shape index (κ3) is 4.44. The third-order valence-electron chi connectivity index (χ3n) is 4.19. The van der Waals surface area contributed by atoms with Gasteiger partial charge in [0.1, 0.15) is 6.04 Å². The van der Waals surface area contributed by atoms with Gasteiger partial charge in [-0.1, -0.05) is 30.3 Å². The van der Waals surface area contributed by atoms with Crippen molar-refractivity contribution in [1.29, 1.82) is 0 Å². The largest absolute Gasteiger partial charge is 0.352 e. The molecule has 0 saturated carbocycles. The van der Waals surface area contributed by atoms with Crippen LogP contribution in [-0.2, 0) is 22.7 Å². The number of carbonyl (C=O) groups is 3. The number of rotatable bonds is 7. The van der Waals surface area contributed by atoms with Crippen molar-refractivity contribution in [1.82, 2.24) is 20.5 Å². The molecule has 26 heavy (non-hydrogen) atoms. The highest BCUT2D eigenvalue weighted by molar-refractivity contribution is 6.04. The molecule has 3 rings (SSSR count). The average Bonchev–Trinajstić information content (AvgIpc) is 2.94. The number of hydrogen-bond acceptors (Lipinski definition) is 4. The number of imide groups is 1. The van der Waals surface area contributed by atoms with Gasteiger partial charge in [-0.2, -0.15) is 0 Å². The number of urea groups is 1. The molecule has 2 aromatic rings. The minimum absolute atomic E-state index is 0.162. The molecule has 1 unspecified atom stereocenters. The van der Waals surface area contributed by atoms with Crippen molar-refractivity contribution in [2.24, 2.45) is 0 Å². The molecule has 1 fully saturated rings. The van der Waals surface area contributed by atoms with Crippen LogP contribution in [0.1, 0.15) is 24.0 Å². The maximum absolute atomic E-state index is 12.4. The Morgan fingerprint density at radius 2 is 1.81 bits per heavy atom. The highest BCUT2D eigenvalue weighted by Crippen LogP contribution is 2.15. The molecule has 4 amide bonds. The number of amides is 4. The van der Waals surface area contributed by atoms with Gasteiger partial charge in [-0.15, -0.1) is 0 Å². The van der Waals surface area contributed by atoms with Crippen molar-refractivity contribution < 1.29 is 14.4 Å². The molecule has 134 valence electrons. The Morgan fingerprint density at radius 1 is 1.08 bits per heavy atom. The van der Waals surface area contributed by atoms with Crippen molar-refractivity contribution >= 4 is 17.8 Å². The molecular weight excluding hydrogens is 332 g/mol. The molecule has 1 aromatic heterocycles. The summed E-state index contributed by atoms with van der Waals surface area (Å²) in [5, 5.41) is 5.45. The first-order chi connectivity index (χ1) is 12.6. The zero-order chi connectivity index (χ0) is 18.4. The van der Waals surface area contributed by atoms with Crippen molar-refractivity contribution in [3.63, 3.8) is 0 Å². The zero-order valence-corrected chi connectivity index (χ0v) is 14.2. The summed E-state index contributed by atoms with van der Waals surface area (Å²) in [6.45, 7) is 0.642. The van der Waals surface area contributed by atoms with Crippen molar-refractivity contribution in [2.45, 2.75) is 32.0 Å². The monoisotopic (exact) mass is 352 g/mol. The van der Waals surface area contributed by atoms with E-state index in [2.05, 4.69) is 15.6 Å². The Hall–Kier alpha value is -3.22. The van der Waals surface area contributed by atoms with E-state index in [1.807, 2.05) is 42.5 Å². The van der Waals surface area contributed by atoms with Crippen LogP contribution < -0.4 is 10.6 Å². The van der Waals surface area contributed by atoms with Crippen molar-refractivity contribution in [2.75, 3.05) is 0 Å². The third-order valence-corrected chi connectivity index (χ3v) is 4.19. The SMILES string of the molecule is O=C(CCC1NC(=O)N(Cc2ccccc2)C1=O)NCc1ccncc1. The van der Waals surface area contributed by atoms with Crippen LogP contribution in [0.3, 0.4) is 0 Å². The summed E-state index contributed by atoms with van der Waals surface area (Å²) < 4.78 is 0. The molecule has 0 radical (unpaired) electrons. The Labute approximate surface area is 151 Å². The lowest BCUT2D eigenvalue weighted by Crippen LogP contribution is -2.32. The molecule has 0 aliphatic carbocycles. The smallest absolute Gasteiger partial charge is 0.325 e. The quantitative estimate of drug-likeness (QED) is 0.741. The second-order valence-electron chi connectivity index (χ2n) is 6.08. The summed E-state index contributed by atoms with van der Waals surface area (Å²) in [5.41, 5.74) is 1.83. The van der Waals surface area contributed by atoms with Gasteiger partial charge in [0.2, 0.25) is 5.91 Å². The van der Waals surface area contributed by atoms with Gasteiger partial charge in [-0.3, -0.25) is 19.5 Å². The summed E-state index contributed by atoms with van der Waals surface area (Å²) >= 11 is 0. The van der Waals surface area contributed by atoms with E-state index in [1.54, 1.807) is 12.4 Å². The first kappa shape index (κ1) is 17.6. The molecule has 0 bridgehead atoms. The number of carbonyl (C=O) groups excluding carboxylic acids is 3. The standard InChI is InChI=1S/C19H20N4O3/c24-17(21-12-14-8-10-20-11-9-14)7-6-16-18(25)23(19(26)22-16)13-15-4-2-1-3-5-15/h1-5,8-11,16H,6-7,12-13H2,(H,21,24)(H,22,26). The summed E-state index contributed by atoms with van der Waals surface area (Å²) in [6, 6.07) is 11.9. The van der Waals surface area contributed by atoms with E-state index < -0.39 is 12.1 Å². The van der Waals surface area contributed by atoms with Gasteiger partial charge in [0.05, 0.1) is 6.54 Å². The summed E-state index contributed by atoms with van der Waals surface area (Å²) in [6.07, 6.45) is 3.77. The number of nitrogens with one attached hydrogen (secondary N) is 2. The fourth-order valence-electron chi connectivity index (χ4n) is 2.75. The highest BCUT2D eigenvalue weighted by Gasteiger charge is 2.37. The normalized spacial score (nSPS) is 16.5. The number of aromatic nitrogens is 1. The van der Waals surface area contributed by atoms with E-state index in [9.17, 15) is 14.4 Å². The highest BCUT2D eigenvalue weighted by atomic mass is 16.2. The predicted molar refractivity (Wildman–Crippen MR) is 94.6 cm³/mol. The van der Waals surface area contributed by atoms with Crippen molar-refractivity contribution in [3.05, 3.63) is 66.0 Å². The van der Waals surface area contributed by atoms with E-state index in [1.165, 1.54) is 4.90 Å². The van der Waals surface area contributed by atoms with Gasteiger partial charge in [0.15, 0.2) is 0 Å². The van der Waals surface area contributed by atoms with Crippen LogP contribution in [0.25, 0.3) is 0 Å². The molecule has 1 aromatic carbocycles. The molecule has 0 spiro atoms. The molecular formula is C19H20N4O3. The van der Waals surface area contributed by atoms with Gasteiger partial charge in [0, 0.05) is 25.4 Å². The lowest BCUT2D eigenvalue weighted by Gasteiger charge is -2.13. The second kappa shape index (κ2) is 8.24. The van der Waals surface area contributed by atoms with Gasteiger partial charge in [-0.25, -0.2) is 4.79 Å². The maximum atomic E-state index is 12.4. The number of hydrogen-bond donors (Lipinski definition) is 2. The van der Waals surface area contributed by atoms with E-state index >= 15 is 0 Å². The molecule has 1 saturated heterocycles. The van der Waals surface area contributed by atoms with Crippen LogP contribution in [0.2, 0.25) is 0 Å². The lowest BCUT2D eigenvalue weighted by molar-refractivity contribution is -0.128. The molecule has 1 aliphatic heterocycles. The van der Waals surface area contributed by atoms with Gasteiger partial charge >= 0.3 is 6.03 Å². The van der Waals surface area contributed by atoms with Gasteiger partial charge < -0.3 is 10.6 Å². The minimum atomic E-state index is -0.655. The second-order valence-corrected chi connectivity index (χ2v) is 6.08. The molecule has 2 N–H and O–H groups in total. The van der Waals surface area contributed by atoms with Crippen LogP contribution in [0.15, 0.2) is 54.9 Å². The van der Waals surface area contributed by atoms with Crippen LogP contribution in [-0.4, -0.2) is 33.8 Å². The van der Waals surface area contributed by atoms with E-state index in [4.69, 9.17) is 0 Å². The molecule has 2 heterocycles. The van der Waals surface area contributed by atoms with Crippen LogP contribution in [0.4, 0.5) is 4.79 Å². The molecule has 7 heteroatoms.